The van der Waals surface area contributed by atoms with Crippen LogP contribution in [0.15, 0.2) is 36.0 Å². The van der Waals surface area contributed by atoms with Crippen LogP contribution in [0.5, 0.6) is 0 Å². The van der Waals surface area contributed by atoms with Crippen molar-refractivity contribution in [1.82, 2.24) is 19.6 Å². The Hall–Kier alpha value is -2.00. The molecule has 0 aliphatic carbocycles. The summed E-state index contributed by atoms with van der Waals surface area (Å²) in [5.41, 5.74) is 1.11. The minimum atomic E-state index is -0.371. The van der Waals surface area contributed by atoms with Crippen LogP contribution < -0.4 is 5.32 Å². The first-order chi connectivity index (χ1) is 14.0. The summed E-state index contributed by atoms with van der Waals surface area (Å²) in [5.74, 6) is -0.528. The fourth-order valence-corrected chi connectivity index (χ4v) is 4.68. The number of hydrogen-bond donors (Lipinski definition) is 1. The average molecular weight is 437 g/mol. The lowest BCUT2D eigenvalue weighted by Gasteiger charge is -2.38. The molecule has 4 rings (SSSR count). The van der Waals surface area contributed by atoms with Gasteiger partial charge in [-0.25, -0.2) is 9.37 Å². The maximum atomic E-state index is 14.6. The summed E-state index contributed by atoms with van der Waals surface area (Å²) in [5, 5.41) is 5.24. The second-order valence-electron chi connectivity index (χ2n) is 7.13. The third-order valence-corrected chi connectivity index (χ3v) is 6.12. The molecule has 0 bridgehead atoms. The topological polar surface area (TPSA) is 58.9 Å². The highest BCUT2D eigenvalue weighted by Crippen LogP contribution is 2.31. The van der Waals surface area contributed by atoms with Crippen molar-refractivity contribution in [2.45, 2.75) is 25.5 Å². The van der Waals surface area contributed by atoms with Gasteiger partial charge >= 0.3 is 0 Å². The highest BCUT2D eigenvalue weighted by molar-refractivity contribution is 7.15. The molecule has 1 aliphatic heterocycles. The number of carbonyl (C=O) groups is 1. The van der Waals surface area contributed by atoms with Gasteiger partial charge in [-0.3, -0.25) is 14.1 Å². The smallest absolute Gasteiger partial charge is 0.226 e. The SMILES string of the molecule is CC1CN(C(CNC(=O)Cc2cn3ccsc3n2)c2c(F)cccc2Cl)CCO1. The molecule has 1 saturated heterocycles. The number of hydrogen-bond acceptors (Lipinski definition) is 5. The Kier molecular flexibility index (Phi) is 6.15. The zero-order chi connectivity index (χ0) is 20.4. The first kappa shape index (κ1) is 20.3. The normalized spacial score (nSPS) is 18.8. The highest BCUT2D eigenvalue weighted by Gasteiger charge is 2.29. The van der Waals surface area contributed by atoms with Crippen LogP contribution in [0.2, 0.25) is 5.02 Å². The molecule has 0 radical (unpaired) electrons. The molecule has 2 aromatic heterocycles. The minimum Gasteiger partial charge on any atom is -0.376 e. The van der Waals surface area contributed by atoms with Gasteiger partial charge in [0.1, 0.15) is 5.82 Å². The van der Waals surface area contributed by atoms with Gasteiger partial charge in [0.15, 0.2) is 4.96 Å². The number of halogens is 2. The maximum absolute atomic E-state index is 14.6. The molecule has 9 heteroatoms. The van der Waals surface area contributed by atoms with Crippen LogP contribution in [0.1, 0.15) is 24.2 Å². The van der Waals surface area contributed by atoms with Crippen LogP contribution in [0, 0.1) is 5.82 Å². The predicted octanol–water partition coefficient (Wildman–Crippen LogP) is 3.31. The molecule has 2 atom stereocenters. The van der Waals surface area contributed by atoms with Crippen LogP contribution in [-0.4, -0.2) is 52.5 Å². The third-order valence-electron chi connectivity index (χ3n) is 5.02. The first-order valence-corrected chi connectivity index (χ1v) is 10.7. The summed E-state index contributed by atoms with van der Waals surface area (Å²) >= 11 is 7.85. The zero-order valence-corrected chi connectivity index (χ0v) is 17.5. The van der Waals surface area contributed by atoms with E-state index in [9.17, 15) is 9.18 Å². The van der Waals surface area contributed by atoms with Gasteiger partial charge in [0.05, 0.1) is 30.9 Å². The summed E-state index contributed by atoms with van der Waals surface area (Å²) < 4.78 is 22.1. The molecule has 1 amide bonds. The second kappa shape index (κ2) is 8.79. The van der Waals surface area contributed by atoms with Gasteiger partial charge in [-0.05, 0) is 19.1 Å². The fourth-order valence-electron chi connectivity index (χ4n) is 3.67. The molecule has 6 nitrogen and oxygen atoms in total. The molecule has 1 N–H and O–H groups in total. The van der Waals surface area contributed by atoms with Crippen molar-refractivity contribution in [3.63, 3.8) is 0 Å². The molecular formula is C20H22ClFN4O2S. The highest BCUT2D eigenvalue weighted by atomic mass is 35.5. The van der Waals surface area contributed by atoms with Crippen molar-refractivity contribution in [1.29, 1.82) is 0 Å². The lowest BCUT2D eigenvalue weighted by Crippen LogP contribution is -2.47. The number of benzene rings is 1. The summed E-state index contributed by atoms with van der Waals surface area (Å²) in [4.78, 5) is 19.9. The molecular weight excluding hydrogens is 415 g/mol. The van der Waals surface area contributed by atoms with Crippen molar-refractivity contribution >= 4 is 33.8 Å². The number of thiazole rings is 1. The number of nitrogens with one attached hydrogen (secondary N) is 1. The first-order valence-electron chi connectivity index (χ1n) is 9.48. The summed E-state index contributed by atoms with van der Waals surface area (Å²) in [7, 11) is 0. The van der Waals surface area contributed by atoms with Crippen LogP contribution in [0.25, 0.3) is 4.96 Å². The molecule has 2 unspecified atom stereocenters. The number of ether oxygens (including phenoxy) is 1. The van der Waals surface area contributed by atoms with Gasteiger partial charge in [-0.1, -0.05) is 17.7 Å². The molecule has 0 spiro atoms. The van der Waals surface area contributed by atoms with Gasteiger partial charge in [-0.2, -0.15) is 0 Å². The van der Waals surface area contributed by atoms with Crippen LogP contribution in [0.4, 0.5) is 4.39 Å². The lowest BCUT2D eigenvalue weighted by molar-refractivity contribution is -0.120. The monoisotopic (exact) mass is 436 g/mol. The molecule has 0 saturated carbocycles. The van der Waals surface area contributed by atoms with E-state index >= 15 is 0 Å². The molecule has 1 fully saturated rings. The Bertz CT molecular complexity index is 959. The fraction of sp³-hybridized carbons (Fsp3) is 0.400. The van der Waals surface area contributed by atoms with E-state index in [1.54, 1.807) is 12.1 Å². The standard InChI is InChI=1S/C20H22ClFN4O2S/c1-13-11-25(5-7-28-13)17(19-15(21)3-2-4-16(19)22)10-23-18(27)9-14-12-26-6-8-29-20(26)24-14/h2-4,6,8,12-13,17H,5,7,9-11H2,1H3,(H,23,27). The van der Waals surface area contributed by atoms with Crippen LogP contribution in [-0.2, 0) is 16.0 Å². The minimum absolute atomic E-state index is 0.0333. The number of nitrogens with zero attached hydrogens (tertiary/aromatic N) is 3. The number of aromatic nitrogens is 2. The molecule has 1 aromatic carbocycles. The van der Waals surface area contributed by atoms with E-state index in [2.05, 4.69) is 15.2 Å². The average Bonchev–Trinajstić information content (AvgIpc) is 3.25. The van der Waals surface area contributed by atoms with Gasteiger partial charge in [0.25, 0.3) is 0 Å². The molecule has 3 heterocycles. The van der Waals surface area contributed by atoms with Crippen LogP contribution in [0.3, 0.4) is 0 Å². The Labute approximate surface area is 177 Å². The molecule has 154 valence electrons. The van der Waals surface area contributed by atoms with Gasteiger partial charge in [0.2, 0.25) is 5.91 Å². The van der Waals surface area contributed by atoms with E-state index in [1.807, 2.05) is 29.1 Å². The van der Waals surface area contributed by atoms with Crippen molar-refractivity contribution in [2.75, 3.05) is 26.2 Å². The quantitative estimate of drug-likeness (QED) is 0.644. The largest absolute Gasteiger partial charge is 0.376 e. The summed E-state index contributed by atoms with van der Waals surface area (Å²) in [6.07, 6.45) is 3.96. The number of amides is 1. The maximum Gasteiger partial charge on any atom is 0.226 e. The Morgan fingerprint density at radius 1 is 1.52 bits per heavy atom. The van der Waals surface area contributed by atoms with E-state index in [1.165, 1.54) is 17.4 Å². The lowest BCUT2D eigenvalue weighted by atomic mass is 10.0. The second-order valence-corrected chi connectivity index (χ2v) is 8.41. The van der Waals surface area contributed by atoms with E-state index in [0.717, 1.165) is 4.96 Å². The molecule has 1 aliphatic rings. The number of rotatable bonds is 6. The summed E-state index contributed by atoms with van der Waals surface area (Å²) in [6, 6.07) is 4.29. The third kappa shape index (κ3) is 4.61. The summed E-state index contributed by atoms with van der Waals surface area (Å²) in [6.45, 7) is 4.09. The van der Waals surface area contributed by atoms with Crippen molar-refractivity contribution in [3.05, 3.63) is 58.1 Å². The Balaban J connectivity index is 1.48. The van der Waals surface area contributed by atoms with E-state index < -0.39 is 0 Å². The van der Waals surface area contributed by atoms with Crippen molar-refractivity contribution in [2.24, 2.45) is 0 Å². The Morgan fingerprint density at radius 3 is 3.14 bits per heavy atom. The van der Waals surface area contributed by atoms with Crippen molar-refractivity contribution in [3.8, 4) is 0 Å². The molecule has 29 heavy (non-hydrogen) atoms. The Morgan fingerprint density at radius 2 is 2.38 bits per heavy atom. The predicted molar refractivity (Wildman–Crippen MR) is 111 cm³/mol. The zero-order valence-electron chi connectivity index (χ0n) is 16.0. The number of imidazole rings is 1. The molecule has 3 aromatic rings. The van der Waals surface area contributed by atoms with Crippen molar-refractivity contribution < 1.29 is 13.9 Å². The van der Waals surface area contributed by atoms with Gasteiger partial charge in [0, 0.05) is 48.0 Å². The van der Waals surface area contributed by atoms with E-state index in [4.69, 9.17) is 16.3 Å². The van der Waals surface area contributed by atoms with E-state index in [-0.39, 0.29) is 36.8 Å². The van der Waals surface area contributed by atoms with Crippen LogP contribution >= 0.6 is 22.9 Å². The number of carbonyl (C=O) groups excluding carboxylic acids is 1. The van der Waals surface area contributed by atoms with Gasteiger partial charge in [-0.15, -0.1) is 11.3 Å². The number of fused-ring (bicyclic) bond motifs is 1. The van der Waals surface area contributed by atoms with Gasteiger partial charge < -0.3 is 10.1 Å². The van der Waals surface area contributed by atoms with E-state index in [0.29, 0.717) is 36.0 Å². The number of morpholine rings is 1.